The summed E-state index contributed by atoms with van der Waals surface area (Å²) in [5.41, 5.74) is 3.59. The normalized spacial score (nSPS) is 10.4. The lowest BCUT2D eigenvalue weighted by Gasteiger charge is -2.07. The predicted octanol–water partition coefficient (Wildman–Crippen LogP) is 2.65. The summed E-state index contributed by atoms with van der Waals surface area (Å²) in [5.74, 6) is -0.161. The molecule has 1 amide bonds. The van der Waals surface area contributed by atoms with Gasteiger partial charge in [0.05, 0.1) is 30.0 Å². The molecule has 0 aliphatic carbocycles. The van der Waals surface area contributed by atoms with E-state index < -0.39 is 0 Å². The van der Waals surface area contributed by atoms with Crippen LogP contribution in [-0.4, -0.2) is 20.9 Å². The lowest BCUT2D eigenvalue weighted by atomic mass is 10.1. The highest BCUT2D eigenvalue weighted by molar-refractivity contribution is 5.98. The monoisotopic (exact) mass is 264 g/mol. The van der Waals surface area contributed by atoms with Gasteiger partial charge in [-0.25, -0.2) is 4.98 Å². The Morgan fingerprint density at radius 1 is 1.10 bits per heavy atom. The number of hydrogen-bond acceptors (Lipinski definition) is 4. The van der Waals surface area contributed by atoms with Crippen LogP contribution in [0, 0.1) is 0 Å². The highest BCUT2D eigenvalue weighted by atomic mass is 16.1. The topological polar surface area (TPSA) is 67.8 Å². The van der Waals surface area contributed by atoms with Crippen LogP contribution in [0.2, 0.25) is 0 Å². The maximum Gasteiger partial charge on any atom is 0.221 e. The number of hydrogen-bond donors (Lipinski definition) is 1. The van der Waals surface area contributed by atoms with Crippen molar-refractivity contribution in [2.24, 2.45) is 0 Å². The molecular weight excluding hydrogens is 252 g/mol. The van der Waals surface area contributed by atoms with Crippen LogP contribution in [0.4, 0.5) is 5.69 Å². The molecule has 0 radical (unpaired) electrons. The van der Waals surface area contributed by atoms with Crippen molar-refractivity contribution >= 4 is 22.6 Å². The first-order chi connectivity index (χ1) is 9.74. The average molecular weight is 264 g/mol. The zero-order valence-electron chi connectivity index (χ0n) is 10.9. The van der Waals surface area contributed by atoms with Gasteiger partial charge in [-0.15, -0.1) is 0 Å². The Morgan fingerprint density at radius 2 is 1.90 bits per heavy atom. The van der Waals surface area contributed by atoms with E-state index in [1.807, 2.05) is 30.3 Å². The van der Waals surface area contributed by atoms with E-state index in [2.05, 4.69) is 20.3 Å². The molecule has 0 atom stereocenters. The van der Waals surface area contributed by atoms with Gasteiger partial charge in [-0.1, -0.05) is 30.3 Å². The zero-order valence-corrected chi connectivity index (χ0v) is 10.9. The number of pyridine rings is 1. The summed E-state index contributed by atoms with van der Waals surface area (Å²) < 4.78 is 0. The van der Waals surface area contributed by atoms with Gasteiger partial charge in [0.15, 0.2) is 0 Å². The molecule has 0 fully saturated rings. The molecule has 0 unspecified atom stereocenters. The van der Waals surface area contributed by atoms with Gasteiger partial charge in [0.2, 0.25) is 5.91 Å². The molecule has 3 aromatic rings. The summed E-state index contributed by atoms with van der Waals surface area (Å²) in [6, 6.07) is 9.78. The van der Waals surface area contributed by atoms with Crippen LogP contribution in [0.25, 0.3) is 22.3 Å². The van der Waals surface area contributed by atoms with Crippen molar-refractivity contribution in [3.05, 3.63) is 48.9 Å². The minimum Gasteiger partial charge on any atom is -0.323 e. The zero-order chi connectivity index (χ0) is 13.9. The highest BCUT2D eigenvalue weighted by Gasteiger charge is 2.08. The second kappa shape index (κ2) is 5.05. The molecule has 0 saturated carbocycles. The number of rotatable bonds is 2. The number of carbonyl (C=O) groups excluding carboxylic acids is 1. The minimum atomic E-state index is -0.161. The number of fused-ring (bicyclic) bond motifs is 1. The molecule has 1 N–H and O–H groups in total. The summed E-state index contributed by atoms with van der Waals surface area (Å²) in [4.78, 5) is 24.2. The molecule has 0 spiro atoms. The first-order valence-corrected chi connectivity index (χ1v) is 6.18. The molecule has 1 aromatic carbocycles. The Hall–Kier alpha value is -2.82. The average Bonchev–Trinajstić information content (AvgIpc) is 2.47. The molecule has 3 rings (SSSR count). The second-order valence-electron chi connectivity index (χ2n) is 4.36. The fourth-order valence-corrected chi connectivity index (χ4v) is 1.96. The van der Waals surface area contributed by atoms with Crippen LogP contribution in [0.1, 0.15) is 6.92 Å². The first-order valence-electron chi connectivity index (χ1n) is 6.18. The molecule has 0 aliphatic rings. The molecule has 0 bridgehead atoms. The maximum absolute atomic E-state index is 11.2. The Kier molecular flexibility index (Phi) is 3.09. The van der Waals surface area contributed by atoms with Crippen molar-refractivity contribution in [3.8, 4) is 11.3 Å². The van der Waals surface area contributed by atoms with E-state index in [0.717, 1.165) is 11.3 Å². The highest BCUT2D eigenvalue weighted by Crippen LogP contribution is 2.22. The molecule has 5 nitrogen and oxygen atoms in total. The fourth-order valence-electron chi connectivity index (χ4n) is 1.96. The number of amides is 1. The van der Waals surface area contributed by atoms with Gasteiger partial charge in [0, 0.05) is 12.5 Å². The quantitative estimate of drug-likeness (QED) is 0.772. The third kappa shape index (κ3) is 2.33. The first kappa shape index (κ1) is 12.2. The van der Waals surface area contributed by atoms with Crippen LogP contribution in [0.3, 0.4) is 0 Å². The molecule has 0 saturated heterocycles. The van der Waals surface area contributed by atoms with E-state index in [-0.39, 0.29) is 5.91 Å². The summed E-state index contributed by atoms with van der Waals surface area (Å²) in [6.07, 6.45) is 4.91. The Labute approximate surface area is 115 Å². The predicted molar refractivity (Wildman–Crippen MR) is 77.1 cm³/mol. The van der Waals surface area contributed by atoms with Gasteiger partial charge in [-0.2, -0.15) is 0 Å². The van der Waals surface area contributed by atoms with E-state index in [1.54, 1.807) is 18.6 Å². The van der Waals surface area contributed by atoms with Crippen molar-refractivity contribution < 1.29 is 4.79 Å². The smallest absolute Gasteiger partial charge is 0.221 e. The van der Waals surface area contributed by atoms with Crippen molar-refractivity contribution in [1.29, 1.82) is 0 Å². The number of anilines is 1. The fraction of sp³-hybridized carbons (Fsp3) is 0.0667. The van der Waals surface area contributed by atoms with Crippen LogP contribution in [0.15, 0.2) is 48.9 Å². The van der Waals surface area contributed by atoms with Crippen LogP contribution < -0.4 is 5.32 Å². The van der Waals surface area contributed by atoms with E-state index in [9.17, 15) is 4.79 Å². The molecule has 2 aromatic heterocycles. The van der Waals surface area contributed by atoms with Crippen molar-refractivity contribution in [2.75, 3.05) is 5.32 Å². The van der Waals surface area contributed by atoms with E-state index in [0.29, 0.717) is 16.7 Å². The third-order valence-corrected chi connectivity index (χ3v) is 2.84. The minimum absolute atomic E-state index is 0.161. The lowest BCUT2D eigenvalue weighted by Crippen LogP contribution is -2.07. The molecule has 98 valence electrons. The van der Waals surface area contributed by atoms with Gasteiger partial charge in [-0.05, 0) is 0 Å². The number of carbonyl (C=O) groups is 1. The van der Waals surface area contributed by atoms with E-state index >= 15 is 0 Å². The largest absolute Gasteiger partial charge is 0.323 e. The lowest BCUT2D eigenvalue weighted by molar-refractivity contribution is -0.114. The van der Waals surface area contributed by atoms with Gasteiger partial charge < -0.3 is 5.32 Å². The van der Waals surface area contributed by atoms with Crippen LogP contribution in [-0.2, 0) is 4.79 Å². The van der Waals surface area contributed by atoms with Gasteiger partial charge in [0.25, 0.3) is 0 Å². The number of aromatic nitrogens is 3. The van der Waals surface area contributed by atoms with Crippen LogP contribution >= 0.6 is 0 Å². The number of nitrogens with one attached hydrogen (secondary N) is 1. The van der Waals surface area contributed by atoms with Crippen molar-refractivity contribution in [1.82, 2.24) is 15.0 Å². The van der Waals surface area contributed by atoms with Crippen molar-refractivity contribution in [3.63, 3.8) is 0 Å². The summed E-state index contributed by atoms with van der Waals surface area (Å²) >= 11 is 0. The van der Waals surface area contributed by atoms with Crippen LogP contribution in [0.5, 0.6) is 0 Å². The van der Waals surface area contributed by atoms with Gasteiger partial charge >= 0.3 is 0 Å². The Bertz CT molecular complexity index is 771. The third-order valence-electron chi connectivity index (χ3n) is 2.84. The van der Waals surface area contributed by atoms with Crippen molar-refractivity contribution in [2.45, 2.75) is 6.92 Å². The second-order valence-corrected chi connectivity index (χ2v) is 4.36. The molecule has 5 heteroatoms. The molecule has 0 aliphatic heterocycles. The van der Waals surface area contributed by atoms with E-state index in [4.69, 9.17) is 0 Å². The number of benzene rings is 1. The summed E-state index contributed by atoms with van der Waals surface area (Å²) in [7, 11) is 0. The summed E-state index contributed by atoms with van der Waals surface area (Å²) in [6.45, 7) is 1.45. The van der Waals surface area contributed by atoms with Gasteiger partial charge in [0.1, 0.15) is 11.0 Å². The SMILES string of the molecule is CC(=O)Nc1cncc2ncc(-c3ccccc3)nc12. The maximum atomic E-state index is 11.2. The molecule has 2 heterocycles. The Morgan fingerprint density at radius 3 is 2.65 bits per heavy atom. The Balaban J connectivity index is 2.16. The number of nitrogens with zero attached hydrogens (tertiary/aromatic N) is 3. The summed E-state index contributed by atoms with van der Waals surface area (Å²) in [5, 5.41) is 2.72. The molecular formula is C15H12N4O. The standard InChI is InChI=1S/C15H12N4O/c1-10(20)18-14-8-16-7-13-15(14)19-12(9-17-13)11-5-3-2-4-6-11/h2-9H,1H3,(H,18,20). The van der Waals surface area contributed by atoms with E-state index in [1.165, 1.54) is 6.92 Å². The van der Waals surface area contributed by atoms with Gasteiger partial charge in [-0.3, -0.25) is 14.8 Å². The molecule has 20 heavy (non-hydrogen) atoms.